The van der Waals surface area contributed by atoms with E-state index in [0.717, 1.165) is 30.4 Å². The number of hydrogen-bond acceptors (Lipinski definition) is 9. The number of hydrogen-bond donors (Lipinski definition) is 3. The summed E-state index contributed by atoms with van der Waals surface area (Å²) in [6.45, 7) is 2.92. The number of likely N-dealkylation sites (N-methyl/N-ethyl adjacent to an activating group) is 1. The van der Waals surface area contributed by atoms with Gasteiger partial charge < -0.3 is 34.4 Å². The molecule has 2 heterocycles. The molecule has 49 heavy (non-hydrogen) atoms. The van der Waals surface area contributed by atoms with Crippen molar-refractivity contribution in [3.05, 3.63) is 35.1 Å². The van der Waals surface area contributed by atoms with Crippen LogP contribution in [-0.4, -0.2) is 75.6 Å². The summed E-state index contributed by atoms with van der Waals surface area (Å²) in [4.78, 5) is 39.9. The number of carbonyl (C=O) groups is 3. The minimum atomic E-state index is -1.62. The van der Waals surface area contributed by atoms with E-state index in [-0.39, 0.29) is 36.1 Å². The first-order valence-electron chi connectivity index (χ1n) is 18.9. The zero-order chi connectivity index (χ0) is 35.0. The predicted molar refractivity (Wildman–Crippen MR) is 184 cm³/mol. The number of piperidine rings is 1. The zero-order valence-corrected chi connectivity index (χ0v) is 29.6. The van der Waals surface area contributed by atoms with Gasteiger partial charge in [0.05, 0.1) is 17.4 Å². The first-order valence-corrected chi connectivity index (χ1v) is 18.9. The lowest BCUT2D eigenvalue weighted by Crippen LogP contribution is -2.74. The first kappa shape index (κ1) is 37.2. The summed E-state index contributed by atoms with van der Waals surface area (Å²) in [5, 5.41) is 32.5. The molecule has 2 unspecified atom stereocenters. The van der Waals surface area contributed by atoms with Crippen LogP contribution in [0.4, 0.5) is 0 Å². The molecular weight excluding hydrogens is 626 g/mol. The van der Waals surface area contributed by atoms with Gasteiger partial charge in [-0.2, -0.15) is 0 Å². The van der Waals surface area contributed by atoms with Gasteiger partial charge in [-0.15, -0.1) is 0 Å². The van der Waals surface area contributed by atoms with Gasteiger partial charge in [-0.1, -0.05) is 103 Å². The van der Waals surface area contributed by atoms with Crippen molar-refractivity contribution in [1.82, 2.24) is 4.90 Å². The smallest absolute Gasteiger partial charge is 0.353 e. The lowest BCUT2D eigenvalue weighted by Gasteiger charge is -2.61. The Morgan fingerprint density at radius 2 is 1.57 bits per heavy atom. The van der Waals surface area contributed by atoms with Crippen LogP contribution in [0.15, 0.2) is 24.0 Å². The predicted octanol–water partition coefficient (Wildman–Crippen LogP) is 6.86. The van der Waals surface area contributed by atoms with Gasteiger partial charge in [0.15, 0.2) is 17.6 Å². The molecule has 0 saturated carbocycles. The molecule has 272 valence electrons. The van der Waals surface area contributed by atoms with Gasteiger partial charge in [-0.25, -0.2) is 4.79 Å². The van der Waals surface area contributed by atoms with Crippen LogP contribution in [-0.2, 0) is 35.7 Å². The molecule has 1 saturated heterocycles. The standard InChI is InChI=1S/C39H57NO9/c1-3-4-5-6-7-8-9-10-11-12-13-14-15-16-17-18-33(44)47-30(26-32(42)43)37(45)48-29-21-22-39(46)31-25-27-19-20-28(41)35-34(27)38(39,36(29)49-35)23-24-40(31)2/h19-21,30-31,36,41,46H,3-18,22-26H2,1-2H3,(H,42,43)/t30-,31+,36?,38?,39+/m0/s1. The van der Waals surface area contributed by atoms with Crippen molar-refractivity contribution < 1.29 is 43.9 Å². The Morgan fingerprint density at radius 3 is 2.18 bits per heavy atom. The number of phenols is 1. The minimum absolute atomic E-state index is 0.0515. The van der Waals surface area contributed by atoms with Crippen molar-refractivity contribution in [1.29, 1.82) is 0 Å². The number of esters is 2. The fourth-order valence-electron chi connectivity index (χ4n) is 8.81. The van der Waals surface area contributed by atoms with Crippen LogP contribution in [0.3, 0.4) is 0 Å². The summed E-state index contributed by atoms with van der Waals surface area (Å²) in [7, 11) is 1.98. The van der Waals surface area contributed by atoms with E-state index in [2.05, 4.69) is 11.8 Å². The first-order chi connectivity index (χ1) is 23.6. The average molecular weight is 684 g/mol. The molecule has 1 aromatic rings. The minimum Gasteiger partial charge on any atom is -0.504 e. The number of benzene rings is 1. The van der Waals surface area contributed by atoms with Gasteiger partial charge >= 0.3 is 17.9 Å². The number of phenolic OH excluding ortho intramolecular Hbond substituents is 1. The van der Waals surface area contributed by atoms with Crippen LogP contribution in [0.25, 0.3) is 0 Å². The zero-order valence-electron chi connectivity index (χ0n) is 29.6. The Bertz CT molecular complexity index is 1360. The number of aromatic hydroxyl groups is 1. The van der Waals surface area contributed by atoms with Crippen molar-refractivity contribution in [2.45, 2.75) is 165 Å². The maximum Gasteiger partial charge on any atom is 0.353 e. The lowest BCUT2D eigenvalue weighted by atomic mass is 9.50. The third-order valence-corrected chi connectivity index (χ3v) is 11.5. The molecule has 1 aromatic carbocycles. The van der Waals surface area contributed by atoms with E-state index in [1.54, 1.807) is 12.1 Å². The Hall–Kier alpha value is -3.11. The summed E-state index contributed by atoms with van der Waals surface area (Å²) in [6, 6.07) is 3.24. The summed E-state index contributed by atoms with van der Waals surface area (Å²) < 4.78 is 17.5. The molecule has 0 radical (unpaired) electrons. The number of nitrogens with zero attached hydrogens (tertiary/aromatic N) is 1. The van der Waals surface area contributed by atoms with E-state index in [1.165, 1.54) is 70.6 Å². The molecule has 1 spiro atoms. The third-order valence-electron chi connectivity index (χ3n) is 11.5. The SMILES string of the molecule is CCCCCCCCCCCCCCCCCC(=O)O[C@@H](CC(=O)O)C(=O)OC1=CC[C@@]2(O)[C@H]3Cc4ccc(O)c5c4C2(CCN3C)C1O5. The molecule has 3 N–H and O–H groups in total. The highest BCUT2D eigenvalue weighted by molar-refractivity contribution is 5.84. The second kappa shape index (κ2) is 16.7. The maximum atomic E-state index is 13.4. The van der Waals surface area contributed by atoms with E-state index in [4.69, 9.17) is 14.2 Å². The van der Waals surface area contributed by atoms with Gasteiger partial charge in [0, 0.05) is 24.4 Å². The number of rotatable bonds is 21. The molecule has 10 heteroatoms. The van der Waals surface area contributed by atoms with Crippen LogP contribution >= 0.6 is 0 Å². The van der Waals surface area contributed by atoms with Gasteiger partial charge in [0.2, 0.25) is 6.10 Å². The third kappa shape index (κ3) is 7.95. The second-order valence-corrected chi connectivity index (χ2v) is 14.8. The Morgan fingerprint density at radius 1 is 0.959 bits per heavy atom. The topological polar surface area (TPSA) is 143 Å². The molecule has 4 aliphatic rings. The molecule has 0 aromatic heterocycles. The van der Waals surface area contributed by atoms with E-state index in [0.29, 0.717) is 25.8 Å². The normalized spacial score (nSPS) is 25.6. The molecule has 2 bridgehead atoms. The number of carbonyl (C=O) groups excluding carboxylic acids is 2. The van der Waals surface area contributed by atoms with Gasteiger partial charge in [0.1, 0.15) is 5.76 Å². The van der Waals surface area contributed by atoms with Crippen molar-refractivity contribution >= 4 is 17.9 Å². The van der Waals surface area contributed by atoms with Crippen LogP contribution in [0.1, 0.15) is 140 Å². The van der Waals surface area contributed by atoms with Crippen molar-refractivity contribution in [2.75, 3.05) is 13.6 Å². The molecule has 10 nitrogen and oxygen atoms in total. The summed E-state index contributed by atoms with van der Waals surface area (Å²) in [6.07, 6.45) is 17.8. The number of carboxylic acid groups (broad SMARTS) is 1. The highest BCUT2D eigenvalue weighted by Crippen LogP contribution is 2.65. The number of aliphatic hydroxyl groups is 1. The quantitative estimate of drug-likeness (QED) is 0.0929. The Kier molecular flexibility index (Phi) is 12.7. The van der Waals surface area contributed by atoms with E-state index >= 15 is 0 Å². The molecular formula is C39H57NO9. The molecule has 1 fully saturated rings. The molecule has 5 rings (SSSR count). The lowest BCUT2D eigenvalue weighted by molar-refractivity contribution is -0.177. The monoisotopic (exact) mass is 683 g/mol. The van der Waals surface area contributed by atoms with Gasteiger partial charge in [-0.05, 0) is 50.6 Å². The van der Waals surface area contributed by atoms with Crippen molar-refractivity contribution in [3.63, 3.8) is 0 Å². The second-order valence-electron chi connectivity index (χ2n) is 14.8. The van der Waals surface area contributed by atoms with Crippen LogP contribution in [0.2, 0.25) is 0 Å². The highest BCUT2D eigenvalue weighted by Gasteiger charge is 2.72. The molecule has 0 amide bonds. The van der Waals surface area contributed by atoms with E-state index in [9.17, 15) is 29.7 Å². The summed E-state index contributed by atoms with van der Waals surface area (Å²) >= 11 is 0. The van der Waals surface area contributed by atoms with Gasteiger partial charge in [-0.3, -0.25) is 9.59 Å². The van der Waals surface area contributed by atoms with E-state index in [1.807, 2.05) is 13.1 Å². The van der Waals surface area contributed by atoms with E-state index < -0.39 is 47.6 Å². The number of carboxylic acids is 1. The largest absolute Gasteiger partial charge is 0.504 e. The summed E-state index contributed by atoms with van der Waals surface area (Å²) in [5.41, 5.74) is -0.459. The summed E-state index contributed by atoms with van der Waals surface area (Å²) in [5.74, 6) is -2.56. The average Bonchev–Trinajstić information content (AvgIpc) is 3.43. The Balaban J connectivity index is 1.08. The highest BCUT2D eigenvalue weighted by atomic mass is 16.6. The van der Waals surface area contributed by atoms with Crippen LogP contribution in [0.5, 0.6) is 11.5 Å². The number of aliphatic carboxylic acids is 1. The fourth-order valence-corrected chi connectivity index (χ4v) is 8.81. The Labute approximate surface area is 291 Å². The van der Waals surface area contributed by atoms with Crippen molar-refractivity contribution in [2.24, 2.45) is 0 Å². The van der Waals surface area contributed by atoms with Crippen LogP contribution < -0.4 is 4.74 Å². The molecule has 2 aliphatic carbocycles. The van der Waals surface area contributed by atoms with Crippen molar-refractivity contribution in [3.8, 4) is 11.5 Å². The molecule has 5 atom stereocenters. The number of likely N-dealkylation sites (tertiary alicyclic amines) is 1. The van der Waals surface area contributed by atoms with Gasteiger partial charge in [0.25, 0.3) is 0 Å². The van der Waals surface area contributed by atoms with Crippen LogP contribution in [0, 0.1) is 0 Å². The molecule has 2 aliphatic heterocycles. The fraction of sp³-hybridized carbons (Fsp3) is 0.718. The number of ether oxygens (including phenoxy) is 3. The maximum absolute atomic E-state index is 13.4. The number of unbranched alkanes of at least 4 members (excludes halogenated alkanes) is 14.